The Morgan fingerprint density at radius 1 is 1.56 bits per heavy atom. The molecule has 16 heavy (non-hydrogen) atoms. The van der Waals surface area contributed by atoms with Gasteiger partial charge in [-0.3, -0.25) is 0 Å². The van der Waals surface area contributed by atoms with Crippen molar-refractivity contribution in [2.45, 2.75) is 18.6 Å². The number of nitrogens with one attached hydrogen (secondary N) is 1. The summed E-state index contributed by atoms with van der Waals surface area (Å²) in [6.45, 7) is 2.97. The molecule has 0 saturated heterocycles. The lowest BCUT2D eigenvalue weighted by Crippen LogP contribution is -2.10. The fourth-order valence-electron chi connectivity index (χ4n) is 1.06. The number of aromatic nitrogens is 2. The maximum Gasteiger partial charge on any atom is 0.356 e. The fourth-order valence-corrected chi connectivity index (χ4v) is 1.42. The van der Waals surface area contributed by atoms with E-state index < -0.39 is 5.97 Å². The number of anilines is 1. The molecule has 0 saturated carbocycles. The molecule has 0 radical (unpaired) electrons. The number of rotatable bonds is 6. The highest BCUT2D eigenvalue weighted by Gasteiger charge is 2.05. The second-order valence-corrected chi connectivity index (χ2v) is 4.65. The molecule has 0 aliphatic heterocycles. The zero-order chi connectivity index (χ0) is 12.0. The molecule has 1 heterocycles. The van der Waals surface area contributed by atoms with Crippen molar-refractivity contribution in [1.29, 1.82) is 0 Å². The predicted molar refractivity (Wildman–Crippen MR) is 65.1 cm³/mol. The number of nitrogens with zero attached hydrogens (tertiary/aromatic N) is 2. The molecule has 1 aromatic rings. The molecule has 5 nitrogen and oxygen atoms in total. The number of carbonyl (C=O) groups is 1. The van der Waals surface area contributed by atoms with Gasteiger partial charge in [0.15, 0.2) is 5.69 Å². The van der Waals surface area contributed by atoms with Crippen molar-refractivity contribution >= 4 is 23.5 Å². The molecule has 88 valence electrons. The Morgan fingerprint density at radius 3 is 2.81 bits per heavy atom. The average Bonchev–Trinajstić information content (AvgIpc) is 2.29. The van der Waals surface area contributed by atoms with E-state index in [4.69, 9.17) is 5.11 Å². The van der Waals surface area contributed by atoms with Gasteiger partial charge in [-0.05, 0) is 24.8 Å². The average molecular weight is 241 g/mol. The van der Waals surface area contributed by atoms with Crippen LogP contribution in [0.25, 0.3) is 0 Å². The maximum absolute atomic E-state index is 10.5. The van der Waals surface area contributed by atoms with E-state index in [1.165, 1.54) is 6.07 Å². The van der Waals surface area contributed by atoms with Gasteiger partial charge in [-0.1, -0.05) is 6.92 Å². The number of carboxylic acids is 1. The first-order valence-corrected chi connectivity index (χ1v) is 6.26. The van der Waals surface area contributed by atoms with Gasteiger partial charge in [0.1, 0.15) is 5.82 Å². The molecule has 1 aromatic heterocycles. The minimum Gasteiger partial charge on any atom is -0.476 e. The van der Waals surface area contributed by atoms with Crippen LogP contribution in [0.1, 0.15) is 23.8 Å². The minimum absolute atomic E-state index is 0.0389. The summed E-state index contributed by atoms with van der Waals surface area (Å²) in [5.74, 6) is -0.451. The van der Waals surface area contributed by atoms with Crippen LogP contribution < -0.4 is 5.32 Å². The summed E-state index contributed by atoms with van der Waals surface area (Å²) in [6, 6.07) is 3.07. The van der Waals surface area contributed by atoms with Crippen LogP contribution in [0.15, 0.2) is 12.1 Å². The van der Waals surface area contributed by atoms with E-state index >= 15 is 0 Å². The quantitative estimate of drug-likeness (QED) is 0.790. The Labute approximate surface area is 98.7 Å². The number of thioether (sulfide) groups is 1. The van der Waals surface area contributed by atoms with E-state index in [1.54, 1.807) is 6.07 Å². The summed E-state index contributed by atoms with van der Waals surface area (Å²) in [6.07, 6.45) is 3.11. The van der Waals surface area contributed by atoms with Crippen molar-refractivity contribution in [3.63, 3.8) is 0 Å². The molecule has 0 amide bonds. The Hall–Kier alpha value is -1.30. The van der Waals surface area contributed by atoms with Crippen LogP contribution in [-0.2, 0) is 0 Å². The normalized spacial score (nSPS) is 12.1. The topological polar surface area (TPSA) is 75.1 Å². The van der Waals surface area contributed by atoms with Gasteiger partial charge in [-0.15, -0.1) is 10.2 Å². The Balaban J connectivity index is 2.40. The largest absolute Gasteiger partial charge is 0.476 e. The molecule has 6 heteroatoms. The molecule has 1 unspecified atom stereocenters. The molecule has 0 fully saturated rings. The Kier molecular flexibility index (Phi) is 5.04. The van der Waals surface area contributed by atoms with E-state index in [2.05, 4.69) is 28.7 Å². The smallest absolute Gasteiger partial charge is 0.356 e. The monoisotopic (exact) mass is 241 g/mol. The third-order valence-corrected chi connectivity index (χ3v) is 3.18. The van der Waals surface area contributed by atoms with E-state index in [0.29, 0.717) is 11.1 Å². The number of carboxylic acid groups (broad SMARTS) is 1. The van der Waals surface area contributed by atoms with E-state index in [0.717, 1.165) is 13.0 Å². The third-order valence-electron chi connectivity index (χ3n) is 2.14. The van der Waals surface area contributed by atoms with Gasteiger partial charge in [-0.2, -0.15) is 11.8 Å². The number of aromatic carboxylic acids is 1. The first kappa shape index (κ1) is 12.8. The van der Waals surface area contributed by atoms with Crippen molar-refractivity contribution in [1.82, 2.24) is 10.2 Å². The SMILES string of the molecule is CSC(C)CCNc1ccc(C(=O)O)nn1. The zero-order valence-electron chi connectivity index (χ0n) is 9.30. The lowest BCUT2D eigenvalue weighted by molar-refractivity contribution is 0.0689. The summed E-state index contributed by atoms with van der Waals surface area (Å²) in [5.41, 5.74) is -0.0389. The molecule has 1 rings (SSSR count). The van der Waals surface area contributed by atoms with Gasteiger partial charge in [0, 0.05) is 11.8 Å². The molecular formula is C10H15N3O2S. The van der Waals surface area contributed by atoms with Gasteiger partial charge in [-0.25, -0.2) is 4.79 Å². The molecule has 0 bridgehead atoms. The van der Waals surface area contributed by atoms with Crippen molar-refractivity contribution in [3.05, 3.63) is 17.8 Å². The first-order valence-electron chi connectivity index (χ1n) is 4.97. The summed E-state index contributed by atoms with van der Waals surface area (Å²) in [7, 11) is 0. The third kappa shape index (κ3) is 4.06. The van der Waals surface area contributed by atoms with Crippen molar-refractivity contribution in [2.24, 2.45) is 0 Å². The molecule has 0 spiro atoms. The van der Waals surface area contributed by atoms with Crippen LogP contribution in [0.3, 0.4) is 0 Å². The van der Waals surface area contributed by atoms with E-state index in [9.17, 15) is 4.79 Å². The maximum atomic E-state index is 10.5. The highest BCUT2D eigenvalue weighted by Crippen LogP contribution is 2.09. The Morgan fingerprint density at radius 2 is 2.31 bits per heavy atom. The van der Waals surface area contributed by atoms with E-state index in [1.807, 2.05) is 11.8 Å². The molecular weight excluding hydrogens is 226 g/mol. The first-order chi connectivity index (χ1) is 7.63. The van der Waals surface area contributed by atoms with Crippen molar-refractivity contribution in [2.75, 3.05) is 18.1 Å². The molecule has 0 aliphatic rings. The van der Waals surface area contributed by atoms with Crippen molar-refractivity contribution in [3.8, 4) is 0 Å². The van der Waals surface area contributed by atoms with Gasteiger partial charge in [0.25, 0.3) is 0 Å². The number of hydrogen-bond donors (Lipinski definition) is 2. The minimum atomic E-state index is -1.06. The molecule has 0 aromatic carbocycles. The zero-order valence-corrected chi connectivity index (χ0v) is 10.1. The summed E-state index contributed by atoms with van der Waals surface area (Å²) < 4.78 is 0. The highest BCUT2D eigenvalue weighted by atomic mass is 32.2. The Bertz CT molecular complexity index is 342. The highest BCUT2D eigenvalue weighted by molar-refractivity contribution is 7.99. The second kappa shape index (κ2) is 6.32. The van der Waals surface area contributed by atoms with Gasteiger partial charge >= 0.3 is 5.97 Å². The van der Waals surface area contributed by atoms with Crippen LogP contribution >= 0.6 is 11.8 Å². The van der Waals surface area contributed by atoms with Crippen LogP contribution in [0, 0.1) is 0 Å². The van der Waals surface area contributed by atoms with Crippen molar-refractivity contribution < 1.29 is 9.90 Å². The van der Waals surface area contributed by atoms with Crippen LogP contribution in [0.5, 0.6) is 0 Å². The summed E-state index contributed by atoms with van der Waals surface area (Å²) >= 11 is 1.81. The summed E-state index contributed by atoms with van der Waals surface area (Å²) in [4.78, 5) is 10.5. The number of hydrogen-bond acceptors (Lipinski definition) is 5. The molecule has 1 atom stereocenters. The van der Waals surface area contributed by atoms with Crippen LogP contribution in [0.4, 0.5) is 5.82 Å². The van der Waals surface area contributed by atoms with Gasteiger partial charge in [0.2, 0.25) is 0 Å². The van der Waals surface area contributed by atoms with Crippen LogP contribution in [0.2, 0.25) is 0 Å². The second-order valence-electron chi connectivity index (χ2n) is 3.37. The molecule has 0 aliphatic carbocycles. The van der Waals surface area contributed by atoms with Gasteiger partial charge in [0.05, 0.1) is 0 Å². The molecule has 2 N–H and O–H groups in total. The fraction of sp³-hybridized carbons (Fsp3) is 0.500. The summed E-state index contributed by atoms with van der Waals surface area (Å²) in [5, 5.41) is 19.7. The predicted octanol–water partition coefficient (Wildman–Crippen LogP) is 1.73. The van der Waals surface area contributed by atoms with Gasteiger partial charge < -0.3 is 10.4 Å². The standard InChI is InChI=1S/C10H15N3O2S/c1-7(16-2)5-6-11-9-4-3-8(10(14)15)12-13-9/h3-4,7H,5-6H2,1-2H3,(H,11,13)(H,14,15). The van der Waals surface area contributed by atoms with Crippen LogP contribution in [-0.4, -0.2) is 39.3 Å². The lowest BCUT2D eigenvalue weighted by atomic mass is 10.3. The van der Waals surface area contributed by atoms with E-state index in [-0.39, 0.29) is 5.69 Å². The lowest BCUT2D eigenvalue weighted by Gasteiger charge is -2.08.